The number of carboxylic acid groups (broad SMARTS) is 1. The van der Waals surface area contributed by atoms with Crippen LogP contribution in [0, 0.1) is 0 Å². The molecule has 2 aromatic heterocycles. The van der Waals surface area contributed by atoms with Gasteiger partial charge in [0.1, 0.15) is 33.0 Å². The first-order valence-corrected chi connectivity index (χ1v) is 17.3. The molecule has 1 aromatic carbocycles. The van der Waals surface area contributed by atoms with Crippen molar-refractivity contribution in [1.82, 2.24) is 19.7 Å². The van der Waals surface area contributed by atoms with Gasteiger partial charge in [-0.2, -0.15) is 10.00 Å². The molecule has 0 aliphatic carbocycles. The molecule has 14 nitrogen and oxygen atoms in total. The molecular formula is C32H43N5O9S. The van der Waals surface area contributed by atoms with Crippen molar-refractivity contribution >= 4 is 44.8 Å². The van der Waals surface area contributed by atoms with Crippen molar-refractivity contribution in [3.63, 3.8) is 0 Å². The number of anilines is 1. The molecule has 1 aliphatic rings. The van der Waals surface area contributed by atoms with Crippen LogP contribution in [0.25, 0.3) is 10.9 Å². The zero-order valence-electron chi connectivity index (χ0n) is 27.8. The molecule has 0 atom stereocenters. The van der Waals surface area contributed by atoms with Gasteiger partial charge in [-0.05, 0) is 72.4 Å². The Labute approximate surface area is 274 Å². The van der Waals surface area contributed by atoms with E-state index in [1.54, 1.807) is 52.3 Å². The largest absolute Gasteiger partial charge is 0.472 e. The van der Waals surface area contributed by atoms with Gasteiger partial charge in [0.05, 0.1) is 16.8 Å². The van der Waals surface area contributed by atoms with Crippen molar-refractivity contribution < 1.29 is 42.1 Å². The highest BCUT2D eigenvalue weighted by Gasteiger charge is 2.43. The topological polar surface area (TPSA) is 170 Å². The van der Waals surface area contributed by atoms with E-state index in [4.69, 9.17) is 19.3 Å². The quantitative estimate of drug-likeness (QED) is 0.316. The van der Waals surface area contributed by atoms with Crippen molar-refractivity contribution in [2.24, 2.45) is 0 Å². The maximum atomic E-state index is 13.8. The number of nitrogens with zero attached hydrogens (tertiary/aromatic N) is 5. The Hall–Kier alpha value is -4.40. The number of rotatable bonds is 8. The lowest BCUT2D eigenvalue weighted by Gasteiger charge is -2.41. The molecule has 15 heteroatoms. The van der Waals surface area contributed by atoms with E-state index in [2.05, 4.69) is 4.98 Å². The molecular weight excluding hydrogens is 630 g/mol. The number of ether oxygens (including phenoxy) is 3. The van der Waals surface area contributed by atoms with Crippen molar-refractivity contribution in [2.75, 3.05) is 30.0 Å². The number of carbonyl (C=O) groups is 3. The molecule has 4 rings (SSSR count). The maximum absolute atomic E-state index is 13.8. The molecule has 0 radical (unpaired) electrons. The number of sulfone groups is 1. The number of fused-ring (bicyclic) bond motifs is 1. The van der Waals surface area contributed by atoms with Gasteiger partial charge in [0.15, 0.2) is 5.82 Å². The average molecular weight is 674 g/mol. The van der Waals surface area contributed by atoms with Gasteiger partial charge in [-0.15, -0.1) is 0 Å². The lowest BCUT2D eigenvalue weighted by Crippen LogP contribution is -2.49. The number of carbonyl (C=O) groups excluding carboxylic acids is 2. The normalized spacial score (nSPS) is 15.3. The molecule has 256 valence electrons. The van der Waals surface area contributed by atoms with Crippen LogP contribution < -0.4 is 9.64 Å². The molecule has 1 N–H and O–H groups in total. The van der Waals surface area contributed by atoms with E-state index < -0.39 is 44.9 Å². The predicted octanol–water partition coefficient (Wildman–Crippen LogP) is 5.59. The van der Waals surface area contributed by atoms with Gasteiger partial charge < -0.3 is 24.2 Å². The lowest BCUT2D eigenvalue weighted by atomic mass is 9.85. The van der Waals surface area contributed by atoms with Crippen LogP contribution >= 0.6 is 0 Å². The summed E-state index contributed by atoms with van der Waals surface area (Å²) in [5.41, 5.74) is -1.78. The van der Waals surface area contributed by atoms with Crippen LogP contribution in [0.5, 0.6) is 5.88 Å². The lowest BCUT2D eigenvalue weighted by molar-refractivity contribution is 0.0426. The minimum atomic E-state index is -3.44. The fraction of sp³-hybridized carbons (Fsp3) is 0.531. The average Bonchev–Trinajstić information content (AvgIpc) is 3.34. The van der Waals surface area contributed by atoms with Crippen LogP contribution in [0.15, 0.2) is 42.6 Å². The summed E-state index contributed by atoms with van der Waals surface area (Å²) in [5, 5.41) is 14.7. The number of hydrogen-bond donors (Lipinski definition) is 1. The molecule has 3 heterocycles. The second-order valence-corrected chi connectivity index (χ2v) is 15.9. The molecule has 1 aliphatic heterocycles. The molecule has 0 bridgehead atoms. The van der Waals surface area contributed by atoms with E-state index in [1.807, 2.05) is 30.3 Å². The second-order valence-electron chi connectivity index (χ2n) is 13.7. The number of pyridine rings is 1. The Morgan fingerprint density at radius 3 is 2.04 bits per heavy atom. The number of benzene rings is 1. The van der Waals surface area contributed by atoms with Crippen LogP contribution in [-0.4, -0.2) is 87.8 Å². The van der Waals surface area contributed by atoms with Gasteiger partial charge in [0.25, 0.3) is 0 Å². The standard InChI is InChI=1S/C32H43N5O9S/c1-30(2,3)45-28(40)36(29(41)46-31(4,5)6)25-24-23(13-17-33-26(24)44-21-22-11-9-8-10-12-22)37(34-25)32(16-20-47(7,42)43)14-18-35(19-15-32)27(38)39/h8-13,17H,14-16,18-21H2,1-7H3,(H,38,39). The number of aromatic nitrogens is 3. The van der Waals surface area contributed by atoms with Crippen molar-refractivity contribution in [3.05, 3.63) is 48.2 Å². The van der Waals surface area contributed by atoms with Gasteiger partial charge in [-0.1, -0.05) is 30.3 Å². The van der Waals surface area contributed by atoms with Gasteiger partial charge in [0, 0.05) is 25.5 Å². The van der Waals surface area contributed by atoms with Crippen molar-refractivity contribution in [1.29, 1.82) is 0 Å². The number of amides is 3. The van der Waals surface area contributed by atoms with Crippen molar-refractivity contribution in [2.45, 2.75) is 84.2 Å². The van der Waals surface area contributed by atoms with E-state index >= 15 is 0 Å². The van der Waals surface area contributed by atoms with Crippen LogP contribution in [0.2, 0.25) is 0 Å². The number of imide groups is 1. The highest BCUT2D eigenvalue weighted by molar-refractivity contribution is 7.90. The number of hydrogen-bond acceptors (Lipinski definition) is 10. The molecule has 1 fully saturated rings. The van der Waals surface area contributed by atoms with Gasteiger partial charge in [-0.25, -0.2) is 27.8 Å². The highest BCUT2D eigenvalue weighted by Crippen LogP contribution is 2.42. The first-order valence-electron chi connectivity index (χ1n) is 15.3. The summed E-state index contributed by atoms with van der Waals surface area (Å²) in [7, 11) is -3.44. The molecule has 0 spiro atoms. The summed E-state index contributed by atoms with van der Waals surface area (Å²) >= 11 is 0. The summed E-state index contributed by atoms with van der Waals surface area (Å²) in [6.45, 7) is 10.2. The fourth-order valence-electron chi connectivity index (χ4n) is 5.29. The van der Waals surface area contributed by atoms with E-state index in [0.29, 0.717) is 10.4 Å². The molecule has 0 unspecified atom stereocenters. The van der Waals surface area contributed by atoms with E-state index in [1.165, 1.54) is 11.1 Å². The van der Waals surface area contributed by atoms with Gasteiger partial charge in [0.2, 0.25) is 5.88 Å². The predicted molar refractivity (Wildman–Crippen MR) is 174 cm³/mol. The van der Waals surface area contributed by atoms with Crippen LogP contribution in [0.4, 0.5) is 20.2 Å². The third kappa shape index (κ3) is 8.90. The monoisotopic (exact) mass is 673 g/mol. The van der Waals surface area contributed by atoms with E-state index in [9.17, 15) is 27.9 Å². The molecule has 1 saturated heterocycles. The Balaban J connectivity index is 1.98. The first-order chi connectivity index (χ1) is 21.8. The summed E-state index contributed by atoms with van der Waals surface area (Å²) in [6.07, 6.45) is -0.0486. The molecule has 0 saturated carbocycles. The Morgan fingerprint density at radius 1 is 0.957 bits per heavy atom. The summed E-state index contributed by atoms with van der Waals surface area (Å²) in [5.74, 6) is -0.328. The smallest absolute Gasteiger partial charge is 0.425 e. The van der Waals surface area contributed by atoms with Gasteiger partial charge >= 0.3 is 18.3 Å². The minimum Gasteiger partial charge on any atom is -0.472 e. The zero-order chi connectivity index (χ0) is 34.8. The molecule has 3 aromatic rings. The first kappa shape index (κ1) is 35.5. The van der Waals surface area contributed by atoms with E-state index in [-0.39, 0.29) is 61.8 Å². The Kier molecular flexibility index (Phi) is 10.1. The highest BCUT2D eigenvalue weighted by atomic mass is 32.2. The summed E-state index contributed by atoms with van der Waals surface area (Å²) in [4.78, 5) is 45.8. The second kappa shape index (κ2) is 13.4. The third-order valence-electron chi connectivity index (χ3n) is 7.48. The zero-order valence-corrected chi connectivity index (χ0v) is 28.7. The summed E-state index contributed by atoms with van der Waals surface area (Å²) < 4.78 is 43.9. The number of piperidine rings is 1. The van der Waals surface area contributed by atoms with Gasteiger partial charge in [-0.3, -0.25) is 4.68 Å². The minimum absolute atomic E-state index is 0.0611. The summed E-state index contributed by atoms with van der Waals surface area (Å²) in [6, 6.07) is 11.0. The Morgan fingerprint density at radius 2 is 1.53 bits per heavy atom. The number of likely N-dealkylation sites (tertiary alicyclic amines) is 1. The fourth-order valence-corrected chi connectivity index (χ4v) is 6.04. The SMILES string of the molecule is CC(C)(C)OC(=O)N(C(=O)OC(C)(C)C)c1nn(C2(CCS(C)(=O)=O)CCN(C(=O)O)CC2)c2ccnc(OCc3ccccc3)c12. The van der Waals surface area contributed by atoms with Crippen LogP contribution in [-0.2, 0) is 31.5 Å². The van der Waals surface area contributed by atoms with E-state index in [0.717, 1.165) is 11.8 Å². The molecule has 47 heavy (non-hydrogen) atoms. The van der Waals surface area contributed by atoms with Crippen LogP contribution in [0.1, 0.15) is 66.4 Å². The Bertz CT molecular complexity index is 1690. The third-order valence-corrected chi connectivity index (χ3v) is 8.42. The molecule has 3 amide bonds. The maximum Gasteiger partial charge on any atom is 0.425 e. The van der Waals surface area contributed by atoms with Crippen LogP contribution in [0.3, 0.4) is 0 Å². The van der Waals surface area contributed by atoms with Crippen molar-refractivity contribution in [3.8, 4) is 5.88 Å².